The molecule has 1 aliphatic heterocycles. The van der Waals surface area contributed by atoms with Crippen LogP contribution in [-0.2, 0) is 15.1 Å². The zero-order valence-electron chi connectivity index (χ0n) is 23.1. The lowest BCUT2D eigenvalue weighted by Crippen LogP contribution is -2.45. The van der Waals surface area contributed by atoms with Crippen LogP contribution in [0.1, 0.15) is 49.7 Å². The summed E-state index contributed by atoms with van der Waals surface area (Å²) in [5.74, 6) is -0.734. The first-order valence-electron chi connectivity index (χ1n) is 13.9. The van der Waals surface area contributed by atoms with E-state index >= 15 is 8.78 Å². The van der Waals surface area contributed by atoms with Crippen LogP contribution >= 0.6 is 0 Å². The van der Waals surface area contributed by atoms with Crippen LogP contribution in [0.5, 0.6) is 0 Å². The Morgan fingerprint density at radius 2 is 1.88 bits per heavy atom. The zero-order chi connectivity index (χ0) is 28.7. The first kappa shape index (κ1) is 27.6. The predicted molar refractivity (Wildman–Crippen MR) is 150 cm³/mol. The largest absolute Gasteiger partial charge is 0.385 e. The highest BCUT2D eigenvalue weighted by Crippen LogP contribution is 2.40. The summed E-state index contributed by atoms with van der Waals surface area (Å²) in [5.41, 5.74) is 7.62. The van der Waals surface area contributed by atoms with Gasteiger partial charge in [-0.3, -0.25) is 4.98 Å². The molecule has 9 nitrogen and oxygen atoms in total. The molecule has 1 aliphatic carbocycles. The summed E-state index contributed by atoms with van der Waals surface area (Å²) < 4.78 is 43.2. The van der Waals surface area contributed by atoms with E-state index in [0.29, 0.717) is 24.7 Å². The lowest BCUT2D eigenvalue weighted by atomic mass is 9.74. The molecule has 4 heterocycles. The number of nitrogens with two attached hydrogens (primary N) is 1. The molecule has 4 unspecified atom stereocenters. The molecule has 4 N–H and O–H groups in total. The second kappa shape index (κ2) is 11.1. The Kier molecular flexibility index (Phi) is 7.45. The van der Waals surface area contributed by atoms with Gasteiger partial charge >= 0.3 is 0 Å². The molecule has 6 rings (SSSR count). The first-order chi connectivity index (χ1) is 19.8. The molecule has 4 aromatic rings. The van der Waals surface area contributed by atoms with E-state index < -0.39 is 17.2 Å². The van der Waals surface area contributed by atoms with Gasteiger partial charge in [-0.2, -0.15) is 9.61 Å². The van der Waals surface area contributed by atoms with Gasteiger partial charge in [-0.05, 0) is 66.1 Å². The molecule has 1 saturated heterocycles. The van der Waals surface area contributed by atoms with Crippen LogP contribution in [-0.4, -0.2) is 57.2 Å². The fourth-order valence-electron chi connectivity index (χ4n) is 6.40. The fourth-order valence-corrected chi connectivity index (χ4v) is 6.40. The van der Waals surface area contributed by atoms with Crippen LogP contribution < -0.4 is 11.1 Å². The summed E-state index contributed by atoms with van der Waals surface area (Å²) in [5, 5.41) is 18.8. The number of hydrogen-bond donors (Lipinski definition) is 3. The predicted octanol–water partition coefficient (Wildman–Crippen LogP) is 4.67. The number of fused-ring (bicyclic) bond motifs is 1. The number of methoxy groups -OCH3 is 1. The van der Waals surface area contributed by atoms with Crippen LogP contribution in [0, 0.1) is 17.6 Å². The molecule has 2 aliphatic rings. The highest BCUT2D eigenvalue weighted by Gasteiger charge is 2.36. The molecule has 3 aromatic heterocycles. The summed E-state index contributed by atoms with van der Waals surface area (Å²) in [4.78, 5) is 8.79. The van der Waals surface area contributed by atoms with Crippen molar-refractivity contribution in [2.24, 2.45) is 11.7 Å². The monoisotopic (exact) mass is 564 g/mol. The summed E-state index contributed by atoms with van der Waals surface area (Å²) in [6, 6.07) is 7.53. The molecular weight excluding hydrogens is 530 g/mol. The lowest BCUT2D eigenvalue weighted by Gasteiger charge is -2.38. The van der Waals surface area contributed by atoms with Crippen molar-refractivity contribution in [3.63, 3.8) is 0 Å². The highest BCUT2D eigenvalue weighted by molar-refractivity contribution is 5.66. The van der Waals surface area contributed by atoms with Gasteiger partial charge in [0.2, 0.25) is 5.95 Å². The standard InChI is InChI=1S/C30H34F2N6O3/c1-17-11-18(12-24(33)28(17)40-2)21-5-8-34-16-26(21)36-29-35-15-20-3-4-25(37-38(20)29)27-22(31)13-19(14-23(27)32)30(39)6-9-41-10-7-30/h3-5,8,13-18,24,28,39H,6-7,9-12,33H2,1-2H3,(H,35,36). The maximum atomic E-state index is 15.4. The van der Waals surface area contributed by atoms with Crippen LogP contribution in [0.3, 0.4) is 0 Å². The third-order valence-corrected chi connectivity index (χ3v) is 8.55. The van der Waals surface area contributed by atoms with E-state index in [4.69, 9.17) is 15.2 Å². The van der Waals surface area contributed by atoms with E-state index in [9.17, 15) is 5.11 Å². The van der Waals surface area contributed by atoms with Crippen LogP contribution in [0.15, 0.2) is 48.9 Å². The Bertz CT molecular complexity index is 1520. The molecule has 4 atom stereocenters. The van der Waals surface area contributed by atoms with E-state index in [1.807, 2.05) is 6.07 Å². The third-order valence-electron chi connectivity index (χ3n) is 8.55. The Balaban J connectivity index is 1.32. The number of pyridine rings is 1. The summed E-state index contributed by atoms with van der Waals surface area (Å²) >= 11 is 0. The number of aliphatic hydroxyl groups is 1. The molecule has 11 heteroatoms. The second-order valence-corrected chi connectivity index (χ2v) is 11.2. The van der Waals surface area contributed by atoms with Gasteiger partial charge in [0, 0.05) is 45.4 Å². The topological polar surface area (TPSA) is 120 Å². The number of nitrogens with one attached hydrogen (secondary N) is 1. The van der Waals surface area contributed by atoms with E-state index in [1.165, 1.54) is 16.6 Å². The number of halogens is 2. The molecule has 41 heavy (non-hydrogen) atoms. The summed E-state index contributed by atoms with van der Waals surface area (Å²) in [6.45, 7) is 2.81. The Hall–Kier alpha value is -3.51. The van der Waals surface area contributed by atoms with Gasteiger partial charge in [0.05, 0.1) is 46.6 Å². The number of imidazole rings is 1. The first-order valence-corrected chi connectivity index (χ1v) is 13.9. The number of ether oxygens (including phenoxy) is 2. The average molecular weight is 565 g/mol. The molecule has 1 saturated carbocycles. The molecule has 0 amide bonds. The van der Waals surface area contributed by atoms with E-state index in [1.54, 1.807) is 37.8 Å². The highest BCUT2D eigenvalue weighted by atomic mass is 19.1. The van der Waals surface area contributed by atoms with Gasteiger partial charge in [0.25, 0.3) is 0 Å². The van der Waals surface area contributed by atoms with Crippen molar-refractivity contribution in [3.05, 3.63) is 71.7 Å². The van der Waals surface area contributed by atoms with E-state index in [0.717, 1.165) is 24.1 Å². The van der Waals surface area contributed by atoms with E-state index in [2.05, 4.69) is 27.3 Å². The third kappa shape index (κ3) is 5.19. The van der Waals surface area contributed by atoms with Gasteiger partial charge in [-0.15, -0.1) is 0 Å². The molecule has 216 valence electrons. The summed E-state index contributed by atoms with van der Waals surface area (Å²) in [7, 11) is 1.70. The van der Waals surface area contributed by atoms with Crippen molar-refractivity contribution in [1.29, 1.82) is 0 Å². The van der Waals surface area contributed by atoms with Crippen molar-refractivity contribution in [3.8, 4) is 11.3 Å². The normalized spacial score (nSPS) is 24.4. The number of anilines is 2. The molecule has 1 aromatic carbocycles. The van der Waals surface area contributed by atoms with Crippen molar-refractivity contribution in [2.75, 3.05) is 25.6 Å². The number of rotatable bonds is 6. The molecule has 0 bridgehead atoms. The van der Waals surface area contributed by atoms with Crippen LogP contribution in [0.25, 0.3) is 16.8 Å². The van der Waals surface area contributed by atoms with Crippen molar-refractivity contribution in [1.82, 2.24) is 19.6 Å². The quantitative estimate of drug-likeness (QED) is 0.309. The van der Waals surface area contributed by atoms with Crippen molar-refractivity contribution >= 4 is 17.2 Å². The van der Waals surface area contributed by atoms with Crippen molar-refractivity contribution < 1.29 is 23.4 Å². The maximum Gasteiger partial charge on any atom is 0.229 e. The number of nitrogens with zero attached hydrogens (tertiary/aromatic N) is 4. The molecule has 0 spiro atoms. The lowest BCUT2D eigenvalue weighted by molar-refractivity contribution is -0.0682. The molecule has 0 radical (unpaired) electrons. The van der Waals surface area contributed by atoms with Crippen LogP contribution in [0.2, 0.25) is 0 Å². The smallest absolute Gasteiger partial charge is 0.229 e. The van der Waals surface area contributed by atoms with E-state index in [-0.39, 0.29) is 53.6 Å². The summed E-state index contributed by atoms with van der Waals surface area (Å²) in [6.07, 6.45) is 7.35. The minimum atomic E-state index is -1.33. The van der Waals surface area contributed by atoms with Gasteiger partial charge in [-0.1, -0.05) is 6.92 Å². The molecular formula is C30H34F2N6O3. The second-order valence-electron chi connectivity index (χ2n) is 11.2. The SMILES string of the molecule is COC1C(C)CC(c2ccncc2Nc2ncc3ccc(-c4c(F)cc(C5(O)CCOCC5)cc4F)nn23)CC1N. The zero-order valence-corrected chi connectivity index (χ0v) is 23.1. The van der Waals surface area contributed by atoms with Crippen molar-refractivity contribution in [2.45, 2.75) is 56.3 Å². The minimum absolute atomic E-state index is 0.0119. The number of aromatic nitrogens is 4. The minimum Gasteiger partial charge on any atom is -0.385 e. The maximum absolute atomic E-state index is 15.4. The Labute approximate surface area is 236 Å². The number of benzene rings is 1. The Morgan fingerprint density at radius 3 is 2.59 bits per heavy atom. The fraction of sp³-hybridized carbons (Fsp3) is 0.433. The van der Waals surface area contributed by atoms with Gasteiger partial charge < -0.3 is 25.6 Å². The average Bonchev–Trinajstić information content (AvgIpc) is 3.35. The van der Waals surface area contributed by atoms with Gasteiger partial charge in [-0.25, -0.2) is 13.8 Å². The molecule has 2 fully saturated rings. The Morgan fingerprint density at radius 1 is 1.12 bits per heavy atom. The number of hydrogen-bond acceptors (Lipinski definition) is 8. The van der Waals surface area contributed by atoms with Crippen LogP contribution in [0.4, 0.5) is 20.4 Å². The van der Waals surface area contributed by atoms with Gasteiger partial charge in [0.1, 0.15) is 11.6 Å². The van der Waals surface area contributed by atoms with Gasteiger partial charge in [0.15, 0.2) is 0 Å².